The minimum absolute atomic E-state index is 0.0417. The molecule has 2 aliphatic heterocycles. The summed E-state index contributed by atoms with van der Waals surface area (Å²) in [5, 5.41) is 24.3. The Kier molecular flexibility index (Phi) is 8.90. The largest absolute Gasteiger partial charge is 0.385 e. The lowest BCUT2D eigenvalue weighted by Crippen LogP contribution is -2.55. The first-order valence-electron chi connectivity index (χ1n) is 14.1. The molecule has 2 bridgehead atoms. The number of hydrogen-bond donors (Lipinski definition) is 3. The van der Waals surface area contributed by atoms with Crippen LogP contribution in [0.3, 0.4) is 0 Å². The third kappa shape index (κ3) is 6.62. The number of anilines is 1. The molecule has 1 saturated heterocycles. The minimum atomic E-state index is -1.25. The number of allylic oxidation sites excluding steroid dienone is 1. The van der Waals surface area contributed by atoms with E-state index in [4.69, 9.17) is 19.5 Å². The van der Waals surface area contributed by atoms with Crippen molar-refractivity contribution in [3.63, 3.8) is 0 Å². The molecule has 3 atom stereocenters. The lowest BCUT2D eigenvalue weighted by molar-refractivity contribution is -0.225. The highest BCUT2D eigenvalue weighted by Gasteiger charge is 2.57. The molecule has 4 rings (SSSR count). The molecule has 0 unspecified atom stereocenters. The van der Waals surface area contributed by atoms with Gasteiger partial charge in [-0.1, -0.05) is 52.0 Å². The van der Waals surface area contributed by atoms with Gasteiger partial charge in [0.2, 0.25) is 0 Å². The Morgan fingerprint density at radius 3 is 2.44 bits per heavy atom. The van der Waals surface area contributed by atoms with Gasteiger partial charge >= 0.3 is 0 Å². The van der Waals surface area contributed by atoms with Crippen LogP contribution >= 0.6 is 0 Å². The van der Waals surface area contributed by atoms with Gasteiger partial charge in [0, 0.05) is 44.5 Å². The molecule has 0 aliphatic carbocycles. The number of nitriles is 1. The van der Waals surface area contributed by atoms with Gasteiger partial charge in [0.25, 0.3) is 5.91 Å². The number of carbonyl (C=O) groups excluding carboxylic acids is 1. The van der Waals surface area contributed by atoms with Crippen LogP contribution in [0.1, 0.15) is 86.7 Å². The number of amides is 1. The van der Waals surface area contributed by atoms with E-state index in [2.05, 4.69) is 42.6 Å². The maximum absolute atomic E-state index is 13.0. The first-order chi connectivity index (χ1) is 19.4. The van der Waals surface area contributed by atoms with E-state index in [-0.39, 0.29) is 16.9 Å². The zero-order chi connectivity index (χ0) is 29.9. The Hall–Kier alpha value is -3.29. The number of imidazole rings is 1. The number of nitrogens with zero attached hydrogens (tertiary/aromatic N) is 2. The predicted molar refractivity (Wildman–Crippen MR) is 157 cm³/mol. The van der Waals surface area contributed by atoms with E-state index in [0.29, 0.717) is 37.3 Å². The highest BCUT2D eigenvalue weighted by Crippen LogP contribution is 2.52. The summed E-state index contributed by atoms with van der Waals surface area (Å²) in [5.74, 6) is -0.426. The molecule has 41 heavy (non-hydrogen) atoms. The summed E-state index contributed by atoms with van der Waals surface area (Å²) in [5.41, 5.74) is 0.325. The Morgan fingerprint density at radius 1 is 1.22 bits per heavy atom. The number of carbonyl (C=O) groups is 1. The summed E-state index contributed by atoms with van der Waals surface area (Å²) in [6, 6.07) is 7.49. The third-order valence-corrected chi connectivity index (χ3v) is 8.18. The summed E-state index contributed by atoms with van der Waals surface area (Å²) in [6.45, 7) is 11.7. The van der Waals surface area contributed by atoms with Crippen molar-refractivity contribution in [2.45, 2.75) is 76.1 Å². The molecule has 0 spiro atoms. The van der Waals surface area contributed by atoms with Gasteiger partial charge in [0.1, 0.15) is 17.3 Å². The van der Waals surface area contributed by atoms with Gasteiger partial charge in [-0.15, -0.1) is 0 Å². The second-order valence-corrected chi connectivity index (χ2v) is 12.3. The zero-order valence-corrected chi connectivity index (χ0v) is 24.8. The molecular weight excluding hydrogens is 520 g/mol. The number of aliphatic hydroxyl groups is 1. The fraction of sp³-hybridized carbons (Fsp3) is 0.531. The van der Waals surface area contributed by atoms with Crippen molar-refractivity contribution in [3.05, 3.63) is 65.8 Å². The monoisotopic (exact) mass is 562 g/mol. The average molecular weight is 563 g/mol. The fourth-order valence-electron chi connectivity index (χ4n) is 6.31. The highest BCUT2D eigenvalue weighted by atomic mass is 16.6. The Bertz CT molecular complexity index is 1330. The number of nitrogens with one attached hydrogen (secondary N) is 2. The molecule has 1 aromatic heterocycles. The van der Waals surface area contributed by atoms with Crippen LogP contribution in [0.2, 0.25) is 0 Å². The van der Waals surface area contributed by atoms with Gasteiger partial charge in [0.15, 0.2) is 11.5 Å². The van der Waals surface area contributed by atoms with Crippen LogP contribution in [0.15, 0.2) is 43.1 Å². The number of H-pyrrole nitrogens is 1. The summed E-state index contributed by atoms with van der Waals surface area (Å²) in [4.78, 5) is 19.8. The fourth-order valence-corrected chi connectivity index (χ4v) is 6.31. The molecule has 1 fully saturated rings. The van der Waals surface area contributed by atoms with Crippen molar-refractivity contribution >= 4 is 17.2 Å². The van der Waals surface area contributed by atoms with E-state index in [1.165, 1.54) is 6.20 Å². The molecule has 0 radical (unpaired) electrons. The van der Waals surface area contributed by atoms with Crippen molar-refractivity contribution in [2.75, 3.05) is 32.8 Å². The molecule has 3 N–H and O–H groups in total. The topological polar surface area (TPSA) is 129 Å². The van der Waals surface area contributed by atoms with Crippen molar-refractivity contribution in [2.24, 2.45) is 5.41 Å². The molecule has 1 aromatic carbocycles. The van der Waals surface area contributed by atoms with Crippen molar-refractivity contribution in [1.29, 1.82) is 5.26 Å². The molecule has 1 amide bonds. The quantitative estimate of drug-likeness (QED) is 0.275. The van der Waals surface area contributed by atoms with E-state index >= 15 is 0 Å². The Labute approximate surface area is 242 Å². The average Bonchev–Trinajstić information content (AvgIpc) is 3.50. The molecular formula is C32H42N4O5. The van der Waals surface area contributed by atoms with Crippen LogP contribution < -0.4 is 5.32 Å². The van der Waals surface area contributed by atoms with E-state index in [1.807, 2.05) is 30.4 Å². The van der Waals surface area contributed by atoms with E-state index in [0.717, 1.165) is 36.8 Å². The lowest BCUT2D eigenvalue weighted by Gasteiger charge is -2.48. The number of ether oxygens (including phenoxy) is 3. The van der Waals surface area contributed by atoms with Crippen LogP contribution in [0.5, 0.6) is 0 Å². The second kappa shape index (κ2) is 11.9. The van der Waals surface area contributed by atoms with Crippen LogP contribution in [0.4, 0.5) is 5.69 Å². The molecule has 3 heterocycles. The van der Waals surface area contributed by atoms with Crippen LogP contribution in [0.25, 0.3) is 5.57 Å². The smallest absolute Gasteiger partial charge is 0.291 e. The second-order valence-electron chi connectivity index (χ2n) is 12.3. The number of fused-ring (bicyclic) bond motifs is 2. The van der Waals surface area contributed by atoms with Gasteiger partial charge in [-0.05, 0) is 47.9 Å². The number of methoxy groups -OCH3 is 2. The SMILES string of the molecule is C=C(CCC(C)(C)CCC)c1cc([C@]2(O)C[C@@]3(COC)C=C[C@@](COC)(C2)O3)ccc1NC(=O)c1nc(C#N)c[nH]1. The van der Waals surface area contributed by atoms with Gasteiger partial charge in [0.05, 0.1) is 18.8 Å². The maximum atomic E-state index is 13.0. The van der Waals surface area contributed by atoms with Crippen LogP contribution in [-0.4, -0.2) is 59.6 Å². The lowest BCUT2D eigenvalue weighted by atomic mass is 9.74. The highest BCUT2D eigenvalue weighted by molar-refractivity contribution is 6.03. The summed E-state index contributed by atoms with van der Waals surface area (Å²) in [6.07, 6.45) is 9.81. The van der Waals surface area contributed by atoms with E-state index < -0.39 is 22.7 Å². The number of benzene rings is 1. The van der Waals surface area contributed by atoms with Crippen LogP contribution in [-0.2, 0) is 19.8 Å². The minimum Gasteiger partial charge on any atom is -0.385 e. The Balaban J connectivity index is 1.70. The molecule has 0 saturated carbocycles. The summed E-state index contributed by atoms with van der Waals surface area (Å²) < 4.78 is 17.4. The maximum Gasteiger partial charge on any atom is 0.291 e. The van der Waals surface area contributed by atoms with Gasteiger partial charge in [-0.3, -0.25) is 4.79 Å². The molecule has 2 aromatic rings. The number of rotatable bonds is 13. The standard InChI is InChI=1S/C32H42N4O5/c1-7-11-29(3,4)12-10-22(2)25-15-23(8-9-26(25)36-28(37)27-34-17-24(16-33)35-27)32(38)18-30(20-39-5)13-14-31(19-32,41-30)21-40-6/h8-9,13-15,17,38H,2,7,10-12,18-21H2,1,3-6H3,(H,34,35)(H,36,37)/t30-,31+,32+. The van der Waals surface area contributed by atoms with Crippen LogP contribution in [0, 0.1) is 16.7 Å². The number of hydrogen-bond acceptors (Lipinski definition) is 7. The zero-order valence-electron chi connectivity index (χ0n) is 24.8. The first-order valence-corrected chi connectivity index (χ1v) is 14.1. The molecule has 2 aliphatic rings. The number of aromatic amines is 1. The molecule has 9 nitrogen and oxygen atoms in total. The van der Waals surface area contributed by atoms with E-state index in [9.17, 15) is 9.90 Å². The normalized spacial score (nSPS) is 25.2. The van der Waals surface area contributed by atoms with E-state index in [1.54, 1.807) is 20.3 Å². The van der Waals surface area contributed by atoms with Crippen molar-refractivity contribution < 1.29 is 24.1 Å². The van der Waals surface area contributed by atoms with Crippen molar-refractivity contribution in [1.82, 2.24) is 9.97 Å². The first kappa shape index (κ1) is 30.7. The Morgan fingerprint density at radius 2 is 1.88 bits per heavy atom. The number of aromatic nitrogens is 2. The predicted octanol–water partition coefficient (Wildman–Crippen LogP) is 5.49. The summed E-state index contributed by atoms with van der Waals surface area (Å²) in [7, 11) is 3.24. The molecule has 220 valence electrons. The molecule has 9 heteroatoms. The third-order valence-electron chi connectivity index (χ3n) is 8.18. The van der Waals surface area contributed by atoms with Gasteiger partial charge < -0.3 is 29.6 Å². The summed E-state index contributed by atoms with van der Waals surface area (Å²) >= 11 is 0. The van der Waals surface area contributed by atoms with Crippen molar-refractivity contribution in [3.8, 4) is 6.07 Å². The van der Waals surface area contributed by atoms with Gasteiger partial charge in [-0.2, -0.15) is 5.26 Å². The van der Waals surface area contributed by atoms with Gasteiger partial charge in [-0.25, -0.2) is 4.98 Å².